The molecule has 4 rings (SSSR count). The summed E-state index contributed by atoms with van der Waals surface area (Å²) in [5.41, 5.74) is 8.41. The summed E-state index contributed by atoms with van der Waals surface area (Å²) < 4.78 is 27.5. The Morgan fingerprint density at radius 2 is 1.74 bits per heavy atom. The van der Waals surface area contributed by atoms with Crippen LogP contribution in [0.15, 0.2) is 65.6 Å². The van der Waals surface area contributed by atoms with Gasteiger partial charge in [-0.1, -0.05) is 30.3 Å². The molecule has 1 aliphatic rings. The van der Waals surface area contributed by atoms with Crippen LogP contribution in [0.25, 0.3) is 5.69 Å². The maximum Gasteiger partial charge on any atom is 0.316 e. The zero-order chi connectivity index (χ0) is 24.6. The van der Waals surface area contributed by atoms with Crippen molar-refractivity contribution in [3.05, 3.63) is 76.7 Å². The van der Waals surface area contributed by atoms with E-state index >= 15 is 0 Å². The van der Waals surface area contributed by atoms with E-state index in [9.17, 15) is 9.35 Å². The lowest BCUT2D eigenvalue weighted by molar-refractivity contribution is 0.109. The topological polar surface area (TPSA) is 109 Å². The number of nitrogen functional groups attached to an aromatic ring is 1. The molecule has 2 aromatic carbocycles. The third-order valence-electron chi connectivity index (χ3n) is 5.73. The maximum absolute atomic E-state index is 13.3. The summed E-state index contributed by atoms with van der Waals surface area (Å²) in [6.07, 6.45) is 1.67. The van der Waals surface area contributed by atoms with Gasteiger partial charge in [-0.15, -0.1) is 4.31 Å². The van der Waals surface area contributed by atoms with Crippen molar-refractivity contribution in [2.75, 3.05) is 56.6 Å². The van der Waals surface area contributed by atoms with E-state index < -0.39 is 11.4 Å². The van der Waals surface area contributed by atoms with Gasteiger partial charge in [-0.25, -0.2) is 0 Å². The monoisotopic (exact) mass is 497 g/mol. The van der Waals surface area contributed by atoms with Gasteiger partial charge in [0.15, 0.2) is 5.75 Å². The van der Waals surface area contributed by atoms with Gasteiger partial charge in [0, 0.05) is 42.3 Å². The SMILES string of the molecule is CCOCCOc1c(N2CCN([S+]([O-])Cc3ccc(N)cc3)CC2)cnn(-c2ccccc2)c1=O. The van der Waals surface area contributed by atoms with E-state index in [2.05, 4.69) is 10.00 Å². The van der Waals surface area contributed by atoms with Gasteiger partial charge < -0.3 is 24.7 Å². The molecule has 10 heteroatoms. The van der Waals surface area contributed by atoms with Crippen LogP contribution in [0.2, 0.25) is 0 Å². The van der Waals surface area contributed by atoms with Gasteiger partial charge in [0.25, 0.3) is 0 Å². The largest absolute Gasteiger partial charge is 0.598 e. The van der Waals surface area contributed by atoms with E-state index in [0.29, 0.717) is 62.2 Å². The molecule has 2 N–H and O–H groups in total. The van der Waals surface area contributed by atoms with E-state index in [1.165, 1.54) is 4.68 Å². The number of nitrogens with two attached hydrogens (primary N) is 1. The second-order valence-electron chi connectivity index (χ2n) is 8.08. The summed E-state index contributed by atoms with van der Waals surface area (Å²) in [4.78, 5) is 15.4. The highest BCUT2D eigenvalue weighted by atomic mass is 32.2. The third kappa shape index (κ3) is 6.34. The molecule has 3 aromatic rings. The van der Waals surface area contributed by atoms with Gasteiger partial charge in [0.2, 0.25) is 5.75 Å². The number of piperazine rings is 1. The normalized spacial score (nSPS) is 15.2. The fraction of sp³-hybridized carbons (Fsp3) is 0.360. The minimum Gasteiger partial charge on any atom is -0.598 e. The number of anilines is 2. The number of hydrogen-bond donors (Lipinski definition) is 1. The summed E-state index contributed by atoms with van der Waals surface area (Å²) in [6.45, 7) is 5.55. The molecule has 1 unspecified atom stereocenters. The van der Waals surface area contributed by atoms with Crippen LogP contribution in [0.1, 0.15) is 12.5 Å². The molecule has 1 saturated heterocycles. The van der Waals surface area contributed by atoms with Crippen LogP contribution in [0.4, 0.5) is 11.4 Å². The third-order valence-corrected chi connectivity index (χ3v) is 7.25. The first-order valence-corrected chi connectivity index (χ1v) is 13.0. The molecule has 0 aliphatic carbocycles. The van der Waals surface area contributed by atoms with Crippen molar-refractivity contribution in [1.29, 1.82) is 0 Å². The van der Waals surface area contributed by atoms with E-state index in [4.69, 9.17) is 15.2 Å². The molecule has 1 aromatic heterocycles. The fourth-order valence-corrected chi connectivity index (χ4v) is 5.10. The van der Waals surface area contributed by atoms with Crippen molar-refractivity contribution in [3.63, 3.8) is 0 Å². The summed E-state index contributed by atoms with van der Waals surface area (Å²) in [6, 6.07) is 16.7. The van der Waals surface area contributed by atoms with Crippen LogP contribution < -0.4 is 20.9 Å². The molecule has 9 nitrogen and oxygen atoms in total. The second-order valence-corrected chi connectivity index (χ2v) is 9.53. The Hall–Kier alpha value is -3.05. The van der Waals surface area contributed by atoms with Crippen LogP contribution in [-0.2, 0) is 21.9 Å². The Morgan fingerprint density at radius 3 is 2.43 bits per heavy atom. The Morgan fingerprint density at radius 1 is 1.03 bits per heavy atom. The molecule has 0 radical (unpaired) electrons. The summed E-state index contributed by atoms with van der Waals surface area (Å²) in [7, 11) is 0. The van der Waals surface area contributed by atoms with Gasteiger partial charge in [-0.3, -0.25) is 4.79 Å². The number of para-hydroxylation sites is 1. The van der Waals surface area contributed by atoms with Gasteiger partial charge >= 0.3 is 5.56 Å². The van der Waals surface area contributed by atoms with Crippen molar-refractivity contribution in [3.8, 4) is 11.4 Å². The van der Waals surface area contributed by atoms with Gasteiger partial charge in [0.1, 0.15) is 12.3 Å². The quantitative estimate of drug-likeness (QED) is 0.258. The average Bonchev–Trinajstić information content (AvgIpc) is 2.89. The standard InChI is InChI=1S/C25H31N5O4S/c1-2-33-16-17-34-24-23(18-27-30(25(24)31)22-6-4-3-5-7-22)28-12-14-29(15-13-28)35(32)19-20-8-10-21(26)11-9-20/h3-11,18H,2,12-17,19,26H2,1H3. The van der Waals surface area contributed by atoms with Crippen molar-refractivity contribution in [2.24, 2.45) is 0 Å². The Balaban J connectivity index is 1.48. The number of benzene rings is 2. The predicted octanol–water partition coefficient (Wildman–Crippen LogP) is 2.22. The number of rotatable bonds is 10. The van der Waals surface area contributed by atoms with E-state index in [1.54, 1.807) is 6.20 Å². The number of hydrogen-bond acceptors (Lipinski definition) is 8. The highest BCUT2D eigenvalue weighted by Crippen LogP contribution is 2.26. The summed E-state index contributed by atoms with van der Waals surface area (Å²) in [5, 5.41) is 4.41. The molecule has 186 valence electrons. The van der Waals surface area contributed by atoms with Gasteiger partial charge in [-0.05, 0) is 31.2 Å². The molecular formula is C25H31N5O4S. The first-order chi connectivity index (χ1) is 17.1. The minimum atomic E-state index is -1.14. The molecule has 35 heavy (non-hydrogen) atoms. The Kier molecular flexibility index (Phi) is 8.64. The molecular weight excluding hydrogens is 466 g/mol. The van der Waals surface area contributed by atoms with Crippen LogP contribution in [0, 0.1) is 0 Å². The maximum atomic E-state index is 13.3. The Bertz CT molecular complexity index is 1130. The molecule has 1 atom stereocenters. The highest BCUT2D eigenvalue weighted by molar-refractivity contribution is 7.88. The number of ether oxygens (including phenoxy) is 2. The fourth-order valence-electron chi connectivity index (χ4n) is 3.87. The smallest absolute Gasteiger partial charge is 0.316 e. The second kappa shape index (κ2) is 12.1. The average molecular weight is 498 g/mol. The van der Waals surface area contributed by atoms with E-state index in [-0.39, 0.29) is 17.9 Å². The zero-order valence-electron chi connectivity index (χ0n) is 19.8. The minimum absolute atomic E-state index is 0.250. The molecule has 0 bridgehead atoms. The molecule has 0 saturated carbocycles. The summed E-state index contributed by atoms with van der Waals surface area (Å²) in [5.74, 6) is 0.695. The molecule has 1 fully saturated rings. The molecule has 2 heterocycles. The van der Waals surface area contributed by atoms with Crippen LogP contribution in [0.5, 0.6) is 5.75 Å². The predicted molar refractivity (Wildman–Crippen MR) is 138 cm³/mol. The first kappa shape index (κ1) is 25.1. The number of aromatic nitrogens is 2. The zero-order valence-corrected chi connectivity index (χ0v) is 20.7. The molecule has 0 amide bonds. The van der Waals surface area contributed by atoms with Crippen LogP contribution in [-0.4, -0.2) is 64.6 Å². The van der Waals surface area contributed by atoms with E-state index in [1.807, 2.05) is 65.8 Å². The highest BCUT2D eigenvalue weighted by Gasteiger charge is 2.28. The van der Waals surface area contributed by atoms with Crippen molar-refractivity contribution < 1.29 is 14.0 Å². The lowest BCUT2D eigenvalue weighted by atomic mass is 10.2. The lowest BCUT2D eigenvalue weighted by Gasteiger charge is -2.36. The number of nitrogens with zero attached hydrogens (tertiary/aromatic N) is 4. The Labute approximate surface area is 208 Å². The van der Waals surface area contributed by atoms with Crippen molar-refractivity contribution >= 4 is 22.7 Å². The van der Waals surface area contributed by atoms with Crippen molar-refractivity contribution in [2.45, 2.75) is 12.7 Å². The van der Waals surface area contributed by atoms with Gasteiger partial charge in [-0.2, -0.15) is 9.78 Å². The molecule has 1 aliphatic heterocycles. The first-order valence-electron chi connectivity index (χ1n) is 11.7. The van der Waals surface area contributed by atoms with Crippen LogP contribution >= 0.6 is 0 Å². The van der Waals surface area contributed by atoms with E-state index in [0.717, 1.165) is 5.56 Å². The van der Waals surface area contributed by atoms with Crippen LogP contribution in [0.3, 0.4) is 0 Å². The van der Waals surface area contributed by atoms with Gasteiger partial charge in [0.05, 0.1) is 31.6 Å². The summed E-state index contributed by atoms with van der Waals surface area (Å²) >= 11 is -1.14. The molecule has 0 spiro atoms. The lowest BCUT2D eigenvalue weighted by Crippen LogP contribution is -2.49. The van der Waals surface area contributed by atoms with Crippen molar-refractivity contribution in [1.82, 2.24) is 14.1 Å².